The van der Waals surface area contributed by atoms with Crippen molar-refractivity contribution in [1.29, 1.82) is 0 Å². The van der Waals surface area contributed by atoms with E-state index in [-0.39, 0.29) is 30.2 Å². The number of nitro benzene ring substituents is 1. The monoisotopic (exact) mass is 296 g/mol. The van der Waals surface area contributed by atoms with Gasteiger partial charge in [0.25, 0.3) is 5.69 Å². The van der Waals surface area contributed by atoms with Crippen LogP contribution in [0.2, 0.25) is 0 Å². The van der Waals surface area contributed by atoms with Gasteiger partial charge in [0.05, 0.1) is 23.7 Å². The Kier molecular flexibility index (Phi) is 5.07. The summed E-state index contributed by atoms with van der Waals surface area (Å²) in [7, 11) is 0. The fraction of sp³-hybridized carbons (Fsp3) is 0.538. The number of ether oxygens (including phenoxy) is 1. The summed E-state index contributed by atoms with van der Waals surface area (Å²) < 4.78 is 5.59. The molecule has 0 bridgehead atoms. The van der Waals surface area contributed by atoms with E-state index in [2.05, 4.69) is 10.3 Å². The van der Waals surface area contributed by atoms with Crippen LogP contribution in [0.5, 0.6) is 0 Å². The van der Waals surface area contributed by atoms with E-state index in [4.69, 9.17) is 10.6 Å². The van der Waals surface area contributed by atoms with E-state index in [1.807, 2.05) is 6.92 Å². The predicted molar refractivity (Wildman–Crippen MR) is 77.6 cm³/mol. The summed E-state index contributed by atoms with van der Waals surface area (Å²) in [4.78, 5) is 12.5. The number of rotatable bonds is 5. The minimum Gasteiger partial charge on any atom is -0.394 e. The topological polar surface area (TPSA) is 114 Å². The number of morpholine rings is 1. The lowest BCUT2D eigenvalue weighted by Gasteiger charge is -2.36. The summed E-state index contributed by atoms with van der Waals surface area (Å²) in [6.07, 6.45) is -0.153. The number of nitro groups is 1. The second-order valence-electron chi connectivity index (χ2n) is 5.20. The minimum absolute atomic E-state index is 0.0172. The molecule has 1 heterocycles. The van der Waals surface area contributed by atoms with Gasteiger partial charge >= 0.3 is 0 Å². The quantitative estimate of drug-likeness (QED) is 0.411. The van der Waals surface area contributed by atoms with E-state index in [9.17, 15) is 15.2 Å². The second-order valence-corrected chi connectivity index (χ2v) is 5.20. The van der Waals surface area contributed by atoms with Gasteiger partial charge in [-0.25, -0.2) is 0 Å². The van der Waals surface area contributed by atoms with Crippen molar-refractivity contribution in [2.75, 3.05) is 25.1 Å². The van der Waals surface area contributed by atoms with Crippen LogP contribution in [0.25, 0.3) is 0 Å². The molecule has 1 aliphatic rings. The molecule has 1 aliphatic heterocycles. The molecule has 8 nitrogen and oxygen atoms in total. The third-order valence-corrected chi connectivity index (χ3v) is 3.42. The molecule has 116 valence electrons. The van der Waals surface area contributed by atoms with Gasteiger partial charge in [-0.2, -0.15) is 0 Å². The van der Waals surface area contributed by atoms with Crippen molar-refractivity contribution >= 4 is 11.4 Å². The SMILES string of the molecule is CC1CN(Cc2ccc([N+](=O)[O-])c(NN)c2)CC(CO)O1. The first-order valence-electron chi connectivity index (χ1n) is 6.76. The van der Waals surface area contributed by atoms with E-state index in [0.717, 1.165) is 12.1 Å². The highest BCUT2D eigenvalue weighted by Crippen LogP contribution is 2.25. The van der Waals surface area contributed by atoms with E-state index in [0.29, 0.717) is 13.1 Å². The average Bonchev–Trinajstić information content (AvgIpc) is 2.46. The lowest BCUT2D eigenvalue weighted by molar-refractivity contribution is -0.384. The molecule has 0 aromatic heterocycles. The first kappa shape index (κ1) is 15.6. The first-order valence-corrected chi connectivity index (χ1v) is 6.76. The number of benzene rings is 1. The van der Waals surface area contributed by atoms with Crippen molar-refractivity contribution in [1.82, 2.24) is 4.90 Å². The van der Waals surface area contributed by atoms with Crippen LogP contribution in [-0.4, -0.2) is 46.8 Å². The lowest BCUT2D eigenvalue weighted by atomic mass is 10.1. The van der Waals surface area contributed by atoms with E-state index >= 15 is 0 Å². The summed E-state index contributed by atoms with van der Waals surface area (Å²) in [6.45, 7) is 3.94. The van der Waals surface area contributed by atoms with Crippen molar-refractivity contribution in [3.63, 3.8) is 0 Å². The van der Waals surface area contributed by atoms with Gasteiger partial charge in [-0.05, 0) is 18.6 Å². The molecule has 2 atom stereocenters. The van der Waals surface area contributed by atoms with Crippen molar-refractivity contribution in [3.05, 3.63) is 33.9 Å². The predicted octanol–water partition coefficient (Wildman–Crippen LogP) is 0.462. The van der Waals surface area contributed by atoms with Gasteiger partial charge in [-0.15, -0.1) is 0 Å². The zero-order valence-electron chi connectivity index (χ0n) is 11.9. The molecule has 0 radical (unpaired) electrons. The van der Waals surface area contributed by atoms with Gasteiger partial charge in [0.15, 0.2) is 0 Å². The van der Waals surface area contributed by atoms with Crippen LogP contribution in [0.15, 0.2) is 18.2 Å². The highest BCUT2D eigenvalue weighted by atomic mass is 16.6. The number of hydrogen-bond acceptors (Lipinski definition) is 7. The zero-order valence-corrected chi connectivity index (χ0v) is 11.9. The average molecular weight is 296 g/mol. The maximum Gasteiger partial charge on any atom is 0.293 e. The van der Waals surface area contributed by atoms with Crippen LogP contribution in [0.3, 0.4) is 0 Å². The normalized spacial score (nSPS) is 23.0. The maximum atomic E-state index is 10.9. The molecular formula is C13H20N4O4. The highest BCUT2D eigenvalue weighted by Gasteiger charge is 2.25. The molecule has 21 heavy (non-hydrogen) atoms. The summed E-state index contributed by atoms with van der Waals surface area (Å²) in [5.74, 6) is 5.34. The number of anilines is 1. The molecule has 1 aromatic rings. The first-order chi connectivity index (χ1) is 10.0. The molecule has 4 N–H and O–H groups in total. The Labute approximate surface area is 122 Å². The fourth-order valence-corrected chi connectivity index (χ4v) is 2.59. The fourth-order valence-electron chi connectivity index (χ4n) is 2.59. The van der Waals surface area contributed by atoms with Gasteiger partial charge in [-0.3, -0.25) is 20.9 Å². The Balaban J connectivity index is 2.10. The number of aliphatic hydroxyl groups is 1. The third-order valence-electron chi connectivity index (χ3n) is 3.42. The number of nitrogens with one attached hydrogen (secondary N) is 1. The molecule has 0 saturated carbocycles. The Morgan fingerprint density at radius 2 is 2.33 bits per heavy atom. The zero-order chi connectivity index (χ0) is 15.4. The number of hydrazine groups is 1. The molecule has 0 spiro atoms. The molecule has 1 fully saturated rings. The number of nitrogens with zero attached hydrogens (tertiary/aromatic N) is 2. The van der Waals surface area contributed by atoms with Crippen molar-refractivity contribution in [2.45, 2.75) is 25.7 Å². The molecule has 0 aliphatic carbocycles. The van der Waals surface area contributed by atoms with E-state index in [1.54, 1.807) is 12.1 Å². The summed E-state index contributed by atoms with van der Waals surface area (Å²) >= 11 is 0. The minimum atomic E-state index is -0.475. The van der Waals surface area contributed by atoms with Gasteiger partial charge in [0, 0.05) is 25.7 Å². The molecule has 2 unspecified atom stereocenters. The molecule has 1 saturated heterocycles. The van der Waals surface area contributed by atoms with Crippen LogP contribution in [0.1, 0.15) is 12.5 Å². The van der Waals surface area contributed by atoms with Crippen LogP contribution < -0.4 is 11.3 Å². The Hall–Kier alpha value is -1.74. The Morgan fingerprint density at radius 1 is 1.57 bits per heavy atom. The largest absolute Gasteiger partial charge is 0.394 e. The second kappa shape index (κ2) is 6.81. The summed E-state index contributed by atoms with van der Waals surface area (Å²) in [6, 6.07) is 4.83. The number of aliphatic hydroxyl groups excluding tert-OH is 1. The Morgan fingerprint density at radius 3 is 2.95 bits per heavy atom. The van der Waals surface area contributed by atoms with E-state index < -0.39 is 4.92 Å². The van der Waals surface area contributed by atoms with Crippen LogP contribution >= 0.6 is 0 Å². The van der Waals surface area contributed by atoms with Crippen LogP contribution in [0, 0.1) is 10.1 Å². The van der Waals surface area contributed by atoms with Crippen molar-refractivity contribution in [2.24, 2.45) is 5.84 Å². The van der Waals surface area contributed by atoms with Gasteiger partial charge in [0.2, 0.25) is 0 Å². The van der Waals surface area contributed by atoms with Crippen LogP contribution in [-0.2, 0) is 11.3 Å². The van der Waals surface area contributed by atoms with Crippen molar-refractivity contribution in [3.8, 4) is 0 Å². The molecule has 1 aromatic carbocycles. The molecular weight excluding hydrogens is 276 g/mol. The third kappa shape index (κ3) is 3.88. The van der Waals surface area contributed by atoms with Crippen LogP contribution in [0.4, 0.5) is 11.4 Å². The lowest BCUT2D eigenvalue weighted by Crippen LogP contribution is -2.47. The van der Waals surface area contributed by atoms with E-state index in [1.165, 1.54) is 6.07 Å². The Bertz CT molecular complexity index is 511. The summed E-state index contributed by atoms with van der Waals surface area (Å²) in [5.41, 5.74) is 3.51. The molecule has 2 rings (SSSR count). The number of nitrogens with two attached hydrogens (primary N) is 1. The van der Waals surface area contributed by atoms with Crippen molar-refractivity contribution < 1.29 is 14.8 Å². The standard InChI is InChI=1S/C13H20N4O4/c1-9-5-16(7-11(8-18)21-9)6-10-2-3-13(17(19)20)12(4-10)15-14/h2-4,9,11,15,18H,5-8,14H2,1H3. The maximum absolute atomic E-state index is 10.9. The van der Waals surface area contributed by atoms with Gasteiger partial charge in [0.1, 0.15) is 5.69 Å². The molecule has 0 amide bonds. The highest BCUT2D eigenvalue weighted by molar-refractivity contribution is 5.62. The van der Waals surface area contributed by atoms with Gasteiger partial charge in [-0.1, -0.05) is 6.07 Å². The summed E-state index contributed by atoms with van der Waals surface area (Å²) in [5, 5.41) is 20.1. The number of nitrogen functional groups attached to an aromatic ring is 1. The number of hydrogen-bond donors (Lipinski definition) is 3. The molecule has 8 heteroatoms. The smallest absolute Gasteiger partial charge is 0.293 e. The van der Waals surface area contributed by atoms with Gasteiger partial charge < -0.3 is 15.3 Å².